The van der Waals surface area contributed by atoms with Crippen molar-refractivity contribution in [3.63, 3.8) is 0 Å². The van der Waals surface area contributed by atoms with E-state index in [9.17, 15) is 4.39 Å². The lowest BCUT2D eigenvalue weighted by atomic mass is 10.0. The molecule has 1 aliphatic rings. The molecule has 100 valence electrons. The lowest BCUT2D eigenvalue weighted by Gasteiger charge is -2.24. The molecule has 0 amide bonds. The number of thioether (sulfide) groups is 1. The van der Waals surface area contributed by atoms with Gasteiger partial charge in [0.2, 0.25) is 0 Å². The summed E-state index contributed by atoms with van der Waals surface area (Å²) in [6.07, 6.45) is 3.67. The Hall–Kier alpha value is -0.540. The SMILES string of the molecule is CC(Cc1ccc(F)cc1)NCC1CCSCC1. The molecule has 0 saturated carbocycles. The molecule has 2 rings (SSSR count). The Morgan fingerprint density at radius 3 is 2.61 bits per heavy atom. The molecule has 0 spiro atoms. The maximum Gasteiger partial charge on any atom is 0.123 e. The van der Waals surface area contributed by atoms with Crippen LogP contribution in [0.3, 0.4) is 0 Å². The summed E-state index contributed by atoms with van der Waals surface area (Å²) in [5, 5.41) is 3.61. The molecule has 1 aliphatic heterocycles. The topological polar surface area (TPSA) is 12.0 Å². The lowest BCUT2D eigenvalue weighted by Crippen LogP contribution is -2.34. The molecule has 0 aromatic heterocycles. The second-order valence-electron chi connectivity index (χ2n) is 5.20. The quantitative estimate of drug-likeness (QED) is 0.876. The minimum atomic E-state index is -0.154. The van der Waals surface area contributed by atoms with E-state index in [0.717, 1.165) is 18.9 Å². The summed E-state index contributed by atoms with van der Waals surface area (Å²) < 4.78 is 12.8. The maximum atomic E-state index is 12.8. The van der Waals surface area contributed by atoms with Crippen LogP contribution < -0.4 is 5.32 Å². The molecule has 3 heteroatoms. The third kappa shape index (κ3) is 4.62. The molecule has 0 bridgehead atoms. The Labute approximate surface area is 114 Å². The zero-order valence-corrected chi connectivity index (χ0v) is 11.8. The van der Waals surface area contributed by atoms with E-state index in [1.165, 1.54) is 29.9 Å². The van der Waals surface area contributed by atoms with Crippen molar-refractivity contribution >= 4 is 11.8 Å². The van der Waals surface area contributed by atoms with Crippen LogP contribution >= 0.6 is 11.8 Å². The Kier molecular flexibility index (Phi) is 5.51. The highest BCUT2D eigenvalue weighted by Gasteiger charge is 2.14. The van der Waals surface area contributed by atoms with Gasteiger partial charge in [-0.2, -0.15) is 11.8 Å². The van der Waals surface area contributed by atoms with Gasteiger partial charge >= 0.3 is 0 Å². The van der Waals surface area contributed by atoms with Crippen molar-refractivity contribution in [1.29, 1.82) is 0 Å². The zero-order chi connectivity index (χ0) is 12.8. The lowest BCUT2D eigenvalue weighted by molar-refractivity contribution is 0.415. The van der Waals surface area contributed by atoms with Crippen LogP contribution in [0.1, 0.15) is 25.3 Å². The van der Waals surface area contributed by atoms with Crippen molar-refractivity contribution in [3.05, 3.63) is 35.6 Å². The first kappa shape index (κ1) is 13.9. The van der Waals surface area contributed by atoms with Gasteiger partial charge in [0.25, 0.3) is 0 Å². The molecule has 1 heterocycles. The highest BCUT2D eigenvalue weighted by atomic mass is 32.2. The van der Waals surface area contributed by atoms with Gasteiger partial charge in [0, 0.05) is 6.04 Å². The summed E-state index contributed by atoms with van der Waals surface area (Å²) in [6.45, 7) is 3.34. The molecule has 1 unspecified atom stereocenters. The molecule has 0 aliphatic carbocycles. The predicted molar refractivity (Wildman–Crippen MR) is 77.6 cm³/mol. The molecule has 1 fully saturated rings. The second kappa shape index (κ2) is 7.15. The summed E-state index contributed by atoms with van der Waals surface area (Å²) in [6, 6.07) is 7.31. The highest BCUT2D eigenvalue weighted by molar-refractivity contribution is 7.99. The second-order valence-corrected chi connectivity index (χ2v) is 6.42. The Balaban J connectivity index is 1.71. The minimum Gasteiger partial charge on any atom is -0.314 e. The van der Waals surface area contributed by atoms with E-state index in [-0.39, 0.29) is 5.82 Å². The standard InChI is InChI=1S/C15H22FNS/c1-12(10-13-2-4-15(16)5-3-13)17-11-14-6-8-18-9-7-14/h2-5,12,14,17H,6-11H2,1H3. The number of benzene rings is 1. The smallest absolute Gasteiger partial charge is 0.123 e. The van der Waals surface area contributed by atoms with E-state index in [4.69, 9.17) is 0 Å². The number of rotatable bonds is 5. The van der Waals surface area contributed by atoms with Gasteiger partial charge in [-0.05, 0) is 67.9 Å². The maximum absolute atomic E-state index is 12.8. The van der Waals surface area contributed by atoms with Crippen LogP contribution in [0.4, 0.5) is 4.39 Å². The number of hydrogen-bond donors (Lipinski definition) is 1. The largest absolute Gasteiger partial charge is 0.314 e. The van der Waals surface area contributed by atoms with E-state index in [1.54, 1.807) is 12.1 Å². The van der Waals surface area contributed by atoms with Gasteiger partial charge in [0.05, 0.1) is 0 Å². The first-order valence-corrected chi connectivity index (χ1v) is 7.95. The zero-order valence-electron chi connectivity index (χ0n) is 11.0. The van der Waals surface area contributed by atoms with Crippen molar-refractivity contribution < 1.29 is 4.39 Å². The van der Waals surface area contributed by atoms with Crippen LogP contribution in [-0.4, -0.2) is 24.1 Å². The van der Waals surface area contributed by atoms with Crippen LogP contribution in [0.5, 0.6) is 0 Å². The van der Waals surface area contributed by atoms with Gasteiger partial charge in [0.15, 0.2) is 0 Å². The van der Waals surface area contributed by atoms with Crippen molar-refractivity contribution in [2.75, 3.05) is 18.1 Å². The molecule has 0 radical (unpaired) electrons. The number of nitrogens with one attached hydrogen (secondary N) is 1. The van der Waals surface area contributed by atoms with Crippen molar-refractivity contribution in [2.24, 2.45) is 5.92 Å². The first-order chi connectivity index (χ1) is 8.74. The van der Waals surface area contributed by atoms with Gasteiger partial charge in [-0.3, -0.25) is 0 Å². The summed E-state index contributed by atoms with van der Waals surface area (Å²) >= 11 is 2.07. The number of hydrogen-bond acceptors (Lipinski definition) is 2. The summed E-state index contributed by atoms with van der Waals surface area (Å²) in [7, 11) is 0. The predicted octanol–water partition coefficient (Wildman–Crippen LogP) is 3.49. The molecule has 1 N–H and O–H groups in total. The van der Waals surface area contributed by atoms with E-state index in [2.05, 4.69) is 24.0 Å². The van der Waals surface area contributed by atoms with Crippen LogP contribution in [0.25, 0.3) is 0 Å². The van der Waals surface area contributed by atoms with Crippen LogP contribution in [0.15, 0.2) is 24.3 Å². The van der Waals surface area contributed by atoms with Crippen LogP contribution in [0.2, 0.25) is 0 Å². The van der Waals surface area contributed by atoms with E-state index >= 15 is 0 Å². The highest BCUT2D eigenvalue weighted by Crippen LogP contribution is 2.22. The van der Waals surface area contributed by atoms with Gasteiger partial charge in [0.1, 0.15) is 5.82 Å². The fourth-order valence-electron chi connectivity index (χ4n) is 2.36. The van der Waals surface area contributed by atoms with Crippen molar-refractivity contribution in [2.45, 2.75) is 32.2 Å². The fraction of sp³-hybridized carbons (Fsp3) is 0.600. The molecule has 1 saturated heterocycles. The molecule has 1 aromatic carbocycles. The molecule has 1 nitrogen and oxygen atoms in total. The Bertz CT molecular complexity index is 346. The van der Waals surface area contributed by atoms with Crippen molar-refractivity contribution in [1.82, 2.24) is 5.32 Å². The third-order valence-corrected chi connectivity index (χ3v) is 4.60. The average molecular weight is 267 g/mol. The summed E-state index contributed by atoms with van der Waals surface area (Å²) in [5.74, 6) is 3.33. The Morgan fingerprint density at radius 2 is 1.94 bits per heavy atom. The monoisotopic (exact) mass is 267 g/mol. The van der Waals surface area contributed by atoms with E-state index in [0.29, 0.717) is 6.04 Å². The summed E-state index contributed by atoms with van der Waals surface area (Å²) in [4.78, 5) is 0. The molecule has 1 atom stereocenters. The first-order valence-electron chi connectivity index (χ1n) is 6.79. The van der Waals surface area contributed by atoms with Crippen molar-refractivity contribution in [3.8, 4) is 0 Å². The molecular weight excluding hydrogens is 245 g/mol. The minimum absolute atomic E-state index is 0.154. The van der Waals surface area contributed by atoms with Crippen LogP contribution in [-0.2, 0) is 6.42 Å². The summed E-state index contributed by atoms with van der Waals surface area (Å²) in [5.41, 5.74) is 1.20. The molecular formula is C15H22FNS. The molecule has 18 heavy (non-hydrogen) atoms. The van der Waals surface area contributed by atoms with E-state index < -0.39 is 0 Å². The van der Waals surface area contributed by atoms with Gasteiger partial charge in [-0.15, -0.1) is 0 Å². The van der Waals surface area contributed by atoms with Crippen LogP contribution in [0, 0.1) is 11.7 Å². The normalized spacial score (nSPS) is 18.8. The number of halogens is 1. The molecule has 1 aromatic rings. The van der Waals surface area contributed by atoms with Gasteiger partial charge in [-0.1, -0.05) is 12.1 Å². The third-order valence-electron chi connectivity index (χ3n) is 3.55. The van der Waals surface area contributed by atoms with Gasteiger partial charge < -0.3 is 5.32 Å². The Morgan fingerprint density at radius 1 is 1.28 bits per heavy atom. The van der Waals surface area contributed by atoms with E-state index in [1.807, 2.05) is 12.1 Å². The average Bonchev–Trinajstić information content (AvgIpc) is 2.40. The fourth-order valence-corrected chi connectivity index (χ4v) is 3.57. The van der Waals surface area contributed by atoms with Gasteiger partial charge in [-0.25, -0.2) is 4.39 Å².